The van der Waals surface area contributed by atoms with Crippen LogP contribution in [0.1, 0.15) is 47.0 Å². The fourth-order valence-electron chi connectivity index (χ4n) is 4.08. The minimum absolute atomic E-state index is 0.0505. The van der Waals surface area contributed by atoms with Crippen LogP contribution in [-0.4, -0.2) is 14.4 Å². The average molecular weight is 351 g/mol. The number of allylic oxidation sites excluding steroid dienone is 1. The Kier molecular flexibility index (Phi) is 5.31. The van der Waals surface area contributed by atoms with Gasteiger partial charge in [-0.2, -0.15) is 0 Å². The predicted octanol–water partition coefficient (Wildman–Crippen LogP) is 5.06. The first kappa shape index (κ1) is 18.2. The third-order valence-electron chi connectivity index (χ3n) is 5.28. The van der Waals surface area contributed by atoms with Gasteiger partial charge in [0, 0.05) is 0 Å². The molecule has 132 valence electrons. The Bertz CT molecular complexity index is 673. The Balaban J connectivity index is 2.17. The molecule has 25 heavy (non-hydrogen) atoms. The summed E-state index contributed by atoms with van der Waals surface area (Å²) in [5, 5.41) is 2.78. The van der Waals surface area contributed by atoms with Crippen LogP contribution in [0.2, 0.25) is 5.04 Å². The summed E-state index contributed by atoms with van der Waals surface area (Å²) in [5.74, 6) is 0. The molecule has 0 saturated heterocycles. The van der Waals surface area contributed by atoms with Gasteiger partial charge >= 0.3 is 0 Å². The zero-order valence-corrected chi connectivity index (χ0v) is 17.0. The normalized spacial score (nSPS) is 18.7. The maximum absolute atomic E-state index is 7.15. The molecular weight excluding hydrogens is 320 g/mol. The van der Waals surface area contributed by atoms with Gasteiger partial charge in [-0.15, -0.1) is 0 Å². The van der Waals surface area contributed by atoms with E-state index in [9.17, 15) is 0 Å². The van der Waals surface area contributed by atoms with Gasteiger partial charge in [0.05, 0.1) is 6.10 Å². The van der Waals surface area contributed by atoms with E-state index in [4.69, 9.17) is 4.43 Å². The van der Waals surface area contributed by atoms with Crippen LogP contribution < -0.4 is 10.4 Å². The summed E-state index contributed by atoms with van der Waals surface area (Å²) in [6.07, 6.45) is 6.15. The van der Waals surface area contributed by atoms with Crippen molar-refractivity contribution in [2.75, 3.05) is 0 Å². The molecule has 2 aromatic carbocycles. The molecule has 0 N–H and O–H groups in total. The Labute approximate surface area is 153 Å². The molecule has 3 rings (SSSR count). The lowest BCUT2D eigenvalue weighted by molar-refractivity contribution is 0.212. The second kappa shape index (κ2) is 7.31. The van der Waals surface area contributed by atoms with Gasteiger partial charge in [-0.25, -0.2) is 0 Å². The van der Waals surface area contributed by atoms with Gasteiger partial charge in [-0.1, -0.05) is 93.1 Å². The van der Waals surface area contributed by atoms with Crippen molar-refractivity contribution >= 4 is 18.7 Å². The summed E-state index contributed by atoms with van der Waals surface area (Å²) in [6, 6.07) is 21.9. The van der Waals surface area contributed by atoms with E-state index in [1.165, 1.54) is 28.8 Å². The van der Waals surface area contributed by atoms with Gasteiger partial charge in [0.25, 0.3) is 8.32 Å². The molecule has 0 radical (unpaired) electrons. The summed E-state index contributed by atoms with van der Waals surface area (Å²) in [5.41, 5.74) is 1.47. The van der Waals surface area contributed by atoms with Gasteiger partial charge in [0.2, 0.25) is 0 Å². The minimum Gasteiger partial charge on any atom is -0.401 e. The first-order chi connectivity index (χ1) is 11.9. The third kappa shape index (κ3) is 3.65. The number of hydrogen-bond acceptors (Lipinski definition) is 1. The van der Waals surface area contributed by atoms with Crippen LogP contribution in [0.15, 0.2) is 72.3 Å². The van der Waals surface area contributed by atoms with Gasteiger partial charge < -0.3 is 4.43 Å². The molecule has 0 spiro atoms. The van der Waals surface area contributed by atoms with E-state index in [0.29, 0.717) is 0 Å². The summed E-state index contributed by atoms with van der Waals surface area (Å²) < 4.78 is 7.15. The van der Waals surface area contributed by atoms with Crippen molar-refractivity contribution in [1.29, 1.82) is 0 Å². The highest BCUT2D eigenvalue weighted by atomic mass is 28.4. The molecule has 1 nitrogen and oxygen atoms in total. The van der Waals surface area contributed by atoms with E-state index in [1.54, 1.807) is 0 Å². The van der Waals surface area contributed by atoms with Crippen LogP contribution >= 0.6 is 0 Å². The number of hydrogen-bond donors (Lipinski definition) is 0. The number of benzene rings is 2. The van der Waals surface area contributed by atoms with E-state index in [0.717, 1.165) is 6.42 Å². The van der Waals surface area contributed by atoms with E-state index >= 15 is 0 Å². The van der Waals surface area contributed by atoms with Crippen molar-refractivity contribution in [3.05, 3.63) is 72.3 Å². The maximum atomic E-state index is 7.15. The molecule has 0 heterocycles. The molecule has 0 fully saturated rings. The number of rotatable bonds is 4. The van der Waals surface area contributed by atoms with Crippen LogP contribution in [0.3, 0.4) is 0 Å². The Hall–Kier alpha value is -1.64. The summed E-state index contributed by atoms with van der Waals surface area (Å²) in [7, 11) is -2.41. The fourth-order valence-corrected chi connectivity index (χ4v) is 8.73. The Morgan fingerprint density at radius 2 is 1.40 bits per heavy atom. The highest BCUT2D eigenvalue weighted by molar-refractivity contribution is 6.99. The molecule has 2 aromatic rings. The van der Waals surface area contributed by atoms with E-state index in [-0.39, 0.29) is 11.1 Å². The van der Waals surface area contributed by atoms with Crippen molar-refractivity contribution in [3.8, 4) is 0 Å². The molecule has 1 unspecified atom stereocenters. The van der Waals surface area contributed by atoms with E-state index in [1.807, 2.05) is 0 Å². The standard InChI is InChI=1S/C23H30OSi/c1-19-12-11-13-20(18-19)24-25(23(2,3)4,21-14-7-5-8-15-21)22-16-9-6-10-17-22/h5-10,14-18,20H,11-13H2,1-4H3. The molecule has 0 saturated carbocycles. The molecule has 0 aromatic heterocycles. The Morgan fingerprint density at radius 1 is 0.880 bits per heavy atom. The molecule has 0 amide bonds. The largest absolute Gasteiger partial charge is 0.401 e. The van der Waals surface area contributed by atoms with Gasteiger partial charge in [0.1, 0.15) is 0 Å². The highest BCUT2D eigenvalue weighted by Crippen LogP contribution is 2.38. The topological polar surface area (TPSA) is 9.23 Å². The van der Waals surface area contributed by atoms with Crippen LogP contribution in [0, 0.1) is 0 Å². The van der Waals surface area contributed by atoms with Gasteiger partial charge in [-0.3, -0.25) is 0 Å². The second-order valence-corrected chi connectivity index (χ2v) is 12.5. The first-order valence-electron chi connectivity index (χ1n) is 9.40. The smallest absolute Gasteiger partial charge is 0.261 e. The average Bonchev–Trinajstić information content (AvgIpc) is 2.60. The van der Waals surface area contributed by atoms with E-state index in [2.05, 4.69) is 94.4 Å². The van der Waals surface area contributed by atoms with Crippen molar-refractivity contribution in [2.24, 2.45) is 0 Å². The van der Waals surface area contributed by atoms with E-state index < -0.39 is 8.32 Å². The molecule has 0 aliphatic heterocycles. The lowest BCUT2D eigenvalue weighted by atomic mass is 9.99. The maximum Gasteiger partial charge on any atom is 0.261 e. The summed E-state index contributed by atoms with van der Waals surface area (Å²) in [4.78, 5) is 0. The van der Waals surface area contributed by atoms with Crippen molar-refractivity contribution < 1.29 is 4.43 Å². The van der Waals surface area contributed by atoms with Crippen LogP contribution in [-0.2, 0) is 4.43 Å². The first-order valence-corrected chi connectivity index (χ1v) is 11.3. The van der Waals surface area contributed by atoms with Crippen molar-refractivity contribution in [1.82, 2.24) is 0 Å². The molecule has 0 bridgehead atoms. The van der Waals surface area contributed by atoms with Crippen molar-refractivity contribution in [2.45, 2.75) is 58.1 Å². The minimum atomic E-state index is -2.41. The molecule has 2 heteroatoms. The lowest BCUT2D eigenvalue weighted by Gasteiger charge is -2.45. The quantitative estimate of drug-likeness (QED) is 0.553. The fraction of sp³-hybridized carbons (Fsp3) is 0.391. The zero-order chi connectivity index (χ0) is 17.9. The lowest BCUT2D eigenvalue weighted by Crippen LogP contribution is -2.67. The third-order valence-corrected chi connectivity index (χ3v) is 10.3. The van der Waals surface area contributed by atoms with Crippen LogP contribution in [0.5, 0.6) is 0 Å². The summed E-state index contributed by atoms with van der Waals surface area (Å²) >= 11 is 0. The second-order valence-electron chi connectivity index (χ2n) is 8.22. The predicted molar refractivity (Wildman–Crippen MR) is 110 cm³/mol. The molecule has 1 aliphatic rings. The van der Waals surface area contributed by atoms with Gasteiger partial charge in [0.15, 0.2) is 0 Å². The monoisotopic (exact) mass is 350 g/mol. The SMILES string of the molecule is CC1=CC(O[Si](c2ccccc2)(c2ccccc2)C(C)(C)C)CCC1. The van der Waals surface area contributed by atoms with Crippen LogP contribution in [0.4, 0.5) is 0 Å². The van der Waals surface area contributed by atoms with Crippen LogP contribution in [0.25, 0.3) is 0 Å². The molecular formula is C23H30OSi. The molecule has 1 atom stereocenters. The molecule has 1 aliphatic carbocycles. The Morgan fingerprint density at radius 3 is 1.84 bits per heavy atom. The summed E-state index contributed by atoms with van der Waals surface area (Å²) in [6.45, 7) is 9.27. The van der Waals surface area contributed by atoms with Crippen molar-refractivity contribution in [3.63, 3.8) is 0 Å². The highest BCUT2D eigenvalue weighted by Gasteiger charge is 2.51. The van der Waals surface area contributed by atoms with Gasteiger partial charge in [-0.05, 0) is 41.6 Å². The zero-order valence-electron chi connectivity index (χ0n) is 16.0.